The molecule has 32 heavy (non-hydrogen) atoms. The van der Waals surface area contributed by atoms with Crippen molar-refractivity contribution in [3.63, 3.8) is 0 Å². The van der Waals surface area contributed by atoms with Crippen LogP contribution in [0.15, 0.2) is 60.7 Å². The minimum absolute atomic E-state index is 0.0752. The fourth-order valence-electron chi connectivity index (χ4n) is 4.24. The van der Waals surface area contributed by atoms with E-state index < -0.39 is 12.1 Å². The standard InChI is InChI=1S/C27H36N2O3/c28-24(19-21-13-7-5-8-14-21)26(30)29-25(20-22-15-9-6-10-16-22)27(31)32-23-17-11-3-1-2-4-12-18-23/h5-10,13-16,23-25H,1-4,11-12,17-20,28H2,(H,29,30)/t24-,25-/m0/s1. The number of hydrogen-bond acceptors (Lipinski definition) is 4. The molecule has 1 aliphatic carbocycles. The quantitative estimate of drug-likeness (QED) is 0.604. The summed E-state index contributed by atoms with van der Waals surface area (Å²) in [5, 5.41) is 2.88. The molecule has 0 aromatic heterocycles. The molecule has 172 valence electrons. The van der Waals surface area contributed by atoms with E-state index in [0.29, 0.717) is 12.8 Å². The van der Waals surface area contributed by atoms with Crippen LogP contribution in [-0.4, -0.2) is 30.1 Å². The van der Waals surface area contributed by atoms with Gasteiger partial charge in [-0.2, -0.15) is 0 Å². The molecule has 2 atom stereocenters. The van der Waals surface area contributed by atoms with E-state index in [1.165, 1.54) is 25.7 Å². The molecule has 0 radical (unpaired) electrons. The first kappa shape index (κ1) is 24.0. The van der Waals surface area contributed by atoms with Crippen LogP contribution >= 0.6 is 0 Å². The van der Waals surface area contributed by atoms with Crippen LogP contribution in [0.4, 0.5) is 0 Å². The zero-order valence-corrected chi connectivity index (χ0v) is 18.9. The summed E-state index contributed by atoms with van der Waals surface area (Å²) >= 11 is 0. The van der Waals surface area contributed by atoms with E-state index >= 15 is 0 Å². The number of carbonyl (C=O) groups is 2. The monoisotopic (exact) mass is 436 g/mol. The highest BCUT2D eigenvalue weighted by atomic mass is 16.5. The van der Waals surface area contributed by atoms with E-state index in [4.69, 9.17) is 10.5 Å². The predicted molar refractivity (Wildman–Crippen MR) is 127 cm³/mol. The molecular weight excluding hydrogens is 400 g/mol. The Morgan fingerprint density at radius 3 is 1.88 bits per heavy atom. The van der Waals surface area contributed by atoms with Crippen LogP contribution in [0.3, 0.4) is 0 Å². The molecule has 2 aromatic rings. The number of hydrogen-bond donors (Lipinski definition) is 2. The van der Waals surface area contributed by atoms with Gasteiger partial charge in [0.1, 0.15) is 12.1 Å². The molecule has 0 unspecified atom stereocenters. The highest BCUT2D eigenvalue weighted by Gasteiger charge is 2.27. The molecule has 0 heterocycles. The summed E-state index contributed by atoms with van der Waals surface area (Å²) in [6.07, 6.45) is 9.56. The Morgan fingerprint density at radius 2 is 1.31 bits per heavy atom. The van der Waals surface area contributed by atoms with Crippen LogP contribution in [0.5, 0.6) is 0 Å². The van der Waals surface area contributed by atoms with Crippen molar-refractivity contribution in [2.45, 2.75) is 82.4 Å². The smallest absolute Gasteiger partial charge is 0.329 e. The van der Waals surface area contributed by atoms with Gasteiger partial charge in [-0.3, -0.25) is 4.79 Å². The largest absolute Gasteiger partial charge is 0.461 e. The lowest BCUT2D eigenvalue weighted by Crippen LogP contribution is -2.51. The highest BCUT2D eigenvalue weighted by Crippen LogP contribution is 2.20. The molecule has 5 nitrogen and oxygen atoms in total. The third-order valence-electron chi connectivity index (χ3n) is 6.10. The predicted octanol–water partition coefficient (Wildman–Crippen LogP) is 4.33. The van der Waals surface area contributed by atoms with Crippen LogP contribution in [0.1, 0.15) is 62.5 Å². The van der Waals surface area contributed by atoms with E-state index in [0.717, 1.165) is 36.8 Å². The van der Waals surface area contributed by atoms with Crippen LogP contribution in [0, 0.1) is 0 Å². The maximum Gasteiger partial charge on any atom is 0.329 e. The second-order valence-corrected chi connectivity index (χ2v) is 8.80. The first-order chi connectivity index (χ1) is 15.6. The Kier molecular flexibility index (Phi) is 9.76. The molecule has 3 N–H and O–H groups in total. The van der Waals surface area contributed by atoms with Crippen LogP contribution < -0.4 is 11.1 Å². The van der Waals surface area contributed by atoms with Crippen LogP contribution in [0.25, 0.3) is 0 Å². The Hall–Kier alpha value is -2.66. The van der Waals surface area contributed by atoms with Crippen molar-refractivity contribution in [1.82, 2.24) is 5.32 Å². The van der Waals surface area contributed by atoms with E-state index in [9.17, 15) is 9.59 Å². The molecular formula is C27H36N2O3. The Balaban J connectivity index is 1.65. The average Bonchev–Trinajstić information content (AvgIpc) is 2.94. The molecule has 1 aliphatic rings. The number of nitrogens with one attached hydrogen (secondary N) is 1. The minimum Gasteiger partial charge on any atom is -0.461 e. The summed E-state index contributed by atoms with van der Waals surface area (Å²) in [5.41, 5.74) is 8.13. The maximum absolute atomic E-state index is 13.1. The first-order valence-electron chi connectivity index (χ1n) is 12.0. The molecule has 0 saturated heterocycles. The summed E-state index contributed by atoms with van der Waals surface area (Å²) in [5.74, 6) is -0.695. The van der Waals surface area contributed by atoms with Crippen LogP contribution in [0.2, 0.25) is 0 Å². The highest BCUT2D eigenvalue weighted by molar-refractivity contribution is 5.87. The third kappa shape index (κ3) is 8.12. The summed E-state index contributed by atoms with van der Waals surface area (Å²) in [6, 6.07) is 17.9. The molecule has 1 fully saturated rings. The fraction of sp³-hybridized carbons (Fsp3) is 0.481. The number of rotatable bonds is 8. The maximum atomic E-state index is 13.1. The molecule has 3 rings (SSSR count). The van der Waals surface area contributed by atoms with Crippen molar-refractivity contribution >= 4 is 11.9 Å². The lowest BCUT2D eigenvalue weighted by molar-refractivity contribution is -0.153. The zero-order valence-electron chi connectivity index (χ0n) is 18.9. The van der Waals surface area contributed by atoms with Crippen LogP contribution in [-0.2, 0) is 27.2 Å². The van der Waals surface area contributed by atoms with E-state index in [1.54, 1.807) is 0 Å². The summed E-state index contributed by atoms with van der Waals surface area (Å²) in [4.78, 5) is 26.0. The number of benzene rings is 2. The molecule has 0 bridgehead atoms. The van der Waals surface area contributed by atoms with Crippen molar-refractivity contribution < 1.29 is 14.3 Å². The van der Waals surface area contributed by atoms with E-state index in [-0.39, 0.29) is 18.0 Å². The molecule has 2 aromatic carbocycles. The first-order valence-corrected chi connectivity index (χ1v) is 12.0. The molecule has 1 amide bonds. The fourth-order valence-corrected chi connectivity index (χ4v) is 4.24. The van der Waals surface area contributed by atoms with Crippen molar-refractivity contribution in [2.75, 3.05) is 0 Å². The van der Waals surface area contributed by atoms with Gasteiger partial charge in [-0.05, 0) is 43.2 Å². The summed E-state index contributed by atoms with van der Waals surface area (Å²) in [6.45, 7) is 0. The van der Waals surface area contributed by atoms with Gasteiger partial charge < -0.3 is 15.8 Å². The normalized spacial score (nSPS) is 17.3. The lowest BCUT2D eigenvalue weighted by Gasteiger charge is -2.24. The number of amides is 1. The van der Waals surface area contributed by atoms with Gasteiger partial charge in [0, 0.05) is 6.42 Å². The van der Waals surface area contributed by atoms with E-state index in [2.05, 4.69) is 5.32 Å². The number of carbonyl (C=O) groups excluding carboxylic acids is 2. The average molecular weight is 437 g/mol. The number of nitrogens with two attached hydrogens (primary N) is 1. The second kappa shape index (κ2) is 13.0. The molecule has 0 spiro atoms. The Bertz CT molecular complexity index is 815. The van der Waals surface area contributed by atoms with Gasteiger partial charge in [0.2, 0.25) is 5.91 Å². The second-order valence-electron chi connectivity index (χ2n) is 8.80. The van der Waals surface area contributed by atoms with Gasteiger partial charge in [-0.25, -0.2) is 4.79 Å². The van der Waals surface area contributed by atoms with Crippen molar-refractivity contribution in [3.05, 3.63) is 71.8 Å². The SMILES string of the molecule is N[C@@H](Cc1ccccc1)C(=O)N[C@@H](Cc1ccccc1)C(=O)OC1CCCCCCCC1. The van der Waals surface area contributed by atoms with Gasteiger partial charge >= 0.3 is 5.97 Å². The third-order valence-corrected chi connectivity index (χ3v) is 6.10. The number of ether oxygens (including phenoxy) is 1. The number of esters is 1. The van der Waals surface area contributed by atoms with Crippen molar-refractivity contribution in [1.29, 1.82) is 0 Å². The molecule has 0 aliphatic heterocycles. The van der Waals surface area contributed by atoms with Gasteiger partial charge in [-0.15, -0.1) is 0 Å². The van der Waals surface area contributed by atoms with Crippen molar-refractivity contribution in [3.8, 4) is 0 Å². The topological polar surface area (TPSA) is 81.4 Å². The van der Waals surface area contributed by atoms with Gasteiger partial charge in [0.05, 0.1) is 6.04 Å². The minimum atomic E-state index is -0.751. The van der Waals surface area contributed by atoms with Gasteiger partial charge in [-0.1, -0.05) is 86.3 Å². The Morgan fingerprint density at radius 1 is 0.812 bits per heavy atom. The summed E-state index contributed by atoms with van der Waals surface area (Å²) < 4.78 is 5.92. The molecule has 5 heteroatoms. The van der Waals surface area contributed by atoms with Crippen molar-refractivity contribution in [2.24, 2.45) is 5.73 Å². The van der Waals surface area contributed by atoms with E-state index in [1.807, 2.05) is 60.7 Å². The lowest BCUT2D eigenvalue weighted by atomic mass is 10.0. The summed E-state index contributed by atoms with van der Waals surface area (Å²) in [7, 11) is 0. The molecule has 1 saturated carbocycles. The Labute approximate surface area is 191 Å². The van der Waals surface area contributed by atoms with Gasteiger partial charge in [0.15, 0.2) is 0 Å². The van der Waals surface area contributed by atoms with Gasteiger partial charge in [0.25, 0.3) is 0 Å². The zero-order chi connectivity index (χ0) is 22.6.